The molecule has 0 amide bonds. The van der Waals surface area contributed by atoms with E-state index in [0.29, 0.717) is 12.4 Å². The summed E-state index contributed by atoms with van der Waals surface area (Å²) in [5.74, 6) is 1.74. The molecule has 0 aromatic rings. The molecule has 7 heteroatoms. The van der Waals surface area contributed by atoms with E-state index in [1.54, 1.807) is 18.9 Å². The summed E-state index contributed by atoms with van der Waals surface area (Å²) in [6.07, 6.45) is 2.31. The number of ether oxygens (including phenoxy) is 1. The summed E-state index contributed by atoms with van der Waals surface area (Å²) in [4.78, 5) is 2.10. The van der Waals surface area contributed by atoms with Gasteiger partial charge in [-0.3, -0.25) is 4.90 Å². The topological polar surface area (TPSA) is 58.6 Å². The predicted octanol–water partition coefficient (Wildman–Crippen LogP) is 0.0320. The van der Waals surface area contributed by atoms with Crippen molar-refractivity contribution in [1.82, 2.24) is 10.2 Å². The third-order valence-corrected chi connectivity index (χ3v) is 5.65. The fraction of sp³-hybridized carbons (Fsp3) is 1.00. The van der Waals surface area contributed by atoms with Gasteiger partial charge in [0.1, 0.15) is 5.37 Å². The van der Waals surface area contributed by atoms with Gasteiger partial charge in [0.2, 0.25) is 0 Å². The fourth-order valence-corrected chi connectivity index (χ4v) is 4.94. The molecule has 1 saturated heterocycles. The summed E-state index contributed by atoms with van der Waals surface area (Å²) >= 11 is 1.73. The highest BCUT2D eigenvalue weighted by atomic mass is 32.2. The highest BCUT2D eigenvalue weighted by Crippen LogP contribution is 2.20. The smallest absolute Gasteiger partial charge is 0.164 e. The van der Waals surface area contributed by atoms with Crippen LogP contribution >= 0.6 is 11.8 Å². The fourth-order valence-electron chi connectivity index (χ4n) is 1.97. The minimum atomic E-state index is -2.96. The zero-order chi connectivity index (χ0) is 13.4. The Bertz CT molecular complexity index is 322. The third-order valence-electron chi connectivity index (χ3n) is 2.97. The highest BCUT2D eigenvalue weighted by Gasteiger charge is 2.30. The van der Waals surface area contributed by atoms with Crippen LogP contribution in [0.3, 0.4) is 0 Å². The van der Waals surface area contributed by atoms with Gasteiger partial charge in [-0.25, -0.2) is 8.42 Å². The van der Waals surface area contributed by atoms with Gasteiger partial charge in [0.05, 0.1) is 6.61 Å². The third kappa shape index (κ3) is 5.88. The number of hydrogen-bond donors (Lipinski definition) is 1. The molecule has 0 bridgehead atoms. The van der Waals surface area contributed by atoms with Crippen molar-refractivity contribution in [3.8, 4) is 0 Å². The van der Waals surface area contributed by atoms with Gasteiger partial charge >= 0.3 is 0 Å². The zero-order valence-electron chi connectivity index (χ0n) is 11.2. The van der Waals surface area contributed by atoms with Gasteiger partial charge in [-0.05, 0) is 13.0 Å². The SMILES string of the molecule is COCCNCCCN1CCSCC1S(C)(=O)=O. The van der Waals surface area contributed by atoms with E-state index in [1.165, 1.54) is 6.26 Å². The lowest BCUT2D eigenvalue weighted by molar-refractivity contribution is 0.198. The Morgan fingerprint density at radius 1 is 1.44 bits per heavy atom. The quantitative estimate of drug-likeness (QED) is 0.638. The first kappa shape index (κ1) is 16.2. The lowest BCUT2D eigenvalue weighted by Gasteiger charge is -2.33. The normalized spacial score (nSPS) is 22.2. The van der Waals surface area contributed by atoms with E-state index < -0.39 is 9.84 Å². The van der Waals surface area contributed by atoms with E-state index >= 15 is 0 Å². The molecular formula is C11H24N2O3S2. The van der Waals surface area contributed by atoms with E-state index in [-0.39, 0.29) is 5.37 Å². The van der Waals surface area contributed by atoms with Crippen molar-refractivity contribution in [1.29, 1.82) is 0 Å². The molecule has 1 unspecified atom stereocenters. The summed E-state index contributed by atoms with van der Waals surface area (Å²) in [5.41, 5.74) is 0. The Labute approximate surface area is 115 Å². The molecule has 18 heavy (non-hydrogen) atoms. The van der Waals surface area contributed by atoms with E-state index in [0.717, 1.165) is 38.4 Å². The number of nitrogens with zero attached hydrogens (tertiary/aromatic N) is 1. The number of methoxy groups -OCH3 is 1. The molecule has 108 valence electrons. The monoisotopic (exact) mass is 296 g/mol. The first-order chi connectivity index (χ1) is 8.55. The van der Waals surface area contributed by atoms with Crippen molar-refractivity contribution in [2.45, 2.75) is 11.8 Å². The molecule has 0 saturated carbocycles. The van der Waals surface area contributed by atoms with Crippen LogP contribution in [0.15, 0.2) is 0 Å². The lowest BCUT2D eigenvalue weighted by atomic mass is 10.3. The highest BCUT2D eigenvalue weighted by molar-refractivity contribution is 8.00. The molecule has 0 spiro atoms. The predicted molar refractivity (Wildman–Crippen MR) is 76.9 cm³/mol. The van der Waals surface area contributed by atoms with Gasteiger partial charge < -0.3 is 10.1 Å². The summed E-state index contributed by atoms with van der Waals surface area (Å²) in [7, 11) is -1.28. The second-order valence-corrected chi connectivity index (χ2v) is 7.84. The molecule has 0 aliphatic carbocycles. The Morgan fingerprint density at radius 2 is 2.22 bits per heavy atom. The maximum absolute atomic E-state index is 11.7. The minimum Gasteiger partial charge on any atom is -0.383 e. The molecule has 1 fully saturated rings. The number of rotatable bonds is 8. The van der Waals surface area contributed by atoms with Crippen molar-refractivity contribution in [2.24, 2.45) is 0 Å². The molecule has 1 N–H and O–H groups in total. The van der Waals surface area contributed by atoms with Crippen molar-refractivity contribution >= 4 is 21.6 Å². The Kier molecular flexibility index (Phi) is 7.55. The van der Waals surface area contributed by atoms with Crippen LogP contribution in [0.1, 0.15) is 6.42 Å². The number of sulfone groups is 1. The molecule has 1 heterocycles. The largest absolute Gasteiger partial charge is 0.383 e. The molecule has 1 rings (SSSR count). The van der Waals surface area contributed by atoms with Crippen molar-refractivity contribution in [3.63, 3.8) is 0 Å². The second-order valence-electron chi connectivity index (χ2n) is 4.49. The Morgan fingerprint density at radius 3 is 2.89 bits per heavy atom. The lowest BCUT2D eigenvalue weighted by Crippen LogP contribution is -2.47. The van der Waals surface area contributed by atoms with Crippen LogP contribution in [0.25, 0.3) is 0 Å². The summed E-state index contributed by atoms with van der Waals surface area (Å²) in [6.45, 7) is 4.19. The van der Waals surface area contributed by atoms with E-state index in [1.807, 2.05) is 0 Å². The standard InChI is InChI=1S/C11H24N2O3S2/c1-16-8-5-12-4-3-6-13-7-9-17-10-11(13)18(2,14)15/h11-12H,3-10H2,1-2H3. The van der Waals surface area contributed by atoms with Crippen molar-refractivity contribution in [2.75, 3.05) is 57.7 Å². The second kappa shape index (κ2) is 8.37. The van der Waals surface area contributed by atoms with Crippen LogP contribution in [-0.4, -0.2) is 76.3 Å². The summed E-state index contributed by atoms with van der Waals surface area (Å²) in [5, 5.41) is 2.98. The van der Waals surface area contributed by atoms with E-state index in [4.69, 9.17) is 4.74 Å². The number of nitrogens with one attached hydrogen (secondary N) is 1. The van der Waals surface area contributed by atoms with Crippen LogP contribution < -0.4 is 5.32 Å². The van der Waals surface area contributed by atoms with Crippen molar-refractivity contribution < 1.29 is 13.2 Å². The molecule has 0 aromatic heterocycles. The summed E-state index contributed by atoms with van der Waals surface area (Å²) in [6, 6.07) is 0. The Balaban J connectivity index is 2.26. The van der Waals surface area contributed by atoms with Gasteiger partial charge in [0.15, 0.2) is 9.84 Å². The van der Waals surface area contributed by atoms with Gasteiger partial charge in [0, 0.05) is 44.5 Å². The molecular weight excluding hydrogens is 272 g/mol. The number of thioether (sulfide) groups is 1. The van der Waals surface area contributed by atoms with Gasteiger partial charge in [-0.15, -0.1) is 0 Å². The zero-order valence-corrected chi connectivity index (χ0v) is 12.9. The average Bonchev–Trinajstić information content (AvgIpc) is 2.33. The van der Waals surface area contributed by atoms with Gasteiger partial charge in [0.25, 0.3) is 0 Å². The molecule has 1 atom stereocenters. The van der Waals surface area contributed by atoms with E-state index in [2.05, 4.69) is 10.2 Å². The molecule has 5 nitrogen and oxygen atoms in total. The van der Waals surface area contributed by atoms with Gasteiger partial charge in [-0.1, -0.05) is 0 Å². The van der Waals surface area contributed by atoms with Crippen LogP contribution in [-0.2, 0) is 14.6 Å². The minimum absolute atomic E-state index is 0.296. The average molecular weight is 296 g/mol. The van der Waals surface area contributed by atoms with Crippen LogP contribution in [0.4, 0.5) is 0 Å². The maximum Gasteiger partial charge on any atom is 0.164 e. The van der Waals surface area contributed by atoms with E-state index in [9.17, 15) is 8.42 Å². The van der Waals surface area contributed by atoms with Crippen LogP contribution in [0, 0.1) is 0 Å². The first-order valence-corrected chi connectivity index (χ1v) is 9.37. The molecule has 1 aliphatic rings. The molecule has 0 aromatic carbocycles. The van der Waals surface area contributed by atoms with Crippen LogP contribution in [0.5, 0.6) is 0 Å². The number of hydrogen-bond acceptors (Lipinski definition) is 6. The maximum atomic E-state index is 11.7. The van der Waals surface area contributed by atoms with Gasteiger partial charge in [-0.2, -0.15) is 11.8 Å². The summed E-state index contributed by atoms with van der Waals surface area (Å²) < 4.78 is 28.3. The van der Waals surface area contributed by atoms with Crippen LogP contribution in [0.2, 0.25) is 0 Å². The molecule has 1 aliphatic heterocycles. The first-order valence-electron chi connectivity index (χ1n) is 6.26. The molecule has 0 radical (unpaired) electrons. The van der Waals surface area contributed by atoms with Crippen molar-refractivity contribution in [3.05, 3.63) is 0 Å². The Hall–Kier alpha value is 0.180.